The Morgan fingerprint density at radius 3 is 2.76 bits per heavy atom. The van der Waals surface area contributed by atoms with Gasteiger partial charge in [0.1, 0.15) is 5.75 Å². The number of carbonyl (C=O) groups excluding carboxylic acids is 1. The van der Waals surface area contributed by atoms with E-state index >= 15 is 0 Å². The number of thiophene rings is 1. The zero-order valence-electron chi connectivity index (χ0n) is 16.0. The first-order valence-electron chi connectivity index (χ1n) is 9.07. The number of aryl methyl sites for hydroxylation is 1. The molecule has 0 fully saturated rings. The molecule has 7 nitrogen and oxygen atoms in total. The topological polar surface area (TPSA) is 82.2 Å². The molecular formula is C21H20N4O3S. The summed E-state index contributed by atoms with van der Waals surface area (Å²) in [6.45, 7) is 1.72. The van der Waals surface area contributed by atoms with E-state index in [0.717, 1.165) is 5.56 Å². The van der Waals surface area contributed by atoms with Gasteiger partial charge in [0.15, 0.2) is 0 Å². The molecule has 0 saturated carbocycles. The minimum Gasteiger partial charge on any atom is -0.496 e. The molecule has 0 radical (unpaired) electrons. The van der Waals surface area contributed by atoms with Gasteiger partial charge < -0.3 is 19.0 Å². The van der Waals surface area contributed by atoms with Crippen LogP contribution in [0.1, 0.15) is 23.9 Å². The second-order valence-electron chi connectivity index (χ2n) is 6.50. The maximum atomic E-state index is 12.8. The predicted octanol–water partition coefficient (Wildman–Crippen LogP) is 4.53. The van der Waals surface area contributed by atoms with Crippen molar-refractivity contribution >= 4 is 22.9 Å². The molecule has 0 aliphatic carbocycles. The molecule has 3 aromatic heterocycles. The SMILES string of the molecule is COc1ccc(NC(=O)C[C@H](c2ccsc2)n2cccc2)cc1-c1nnc(C)o1. The van der Waals surface area contributed by atoms with E-state index in [1.807, 2.05) is 40.5 Å². The summed E-state index contributed by atoms with van der Waals surface area (Å²) in [4.78, 5) is 12.8. The summed E-state index contributed by atoms with van der Waals surface area (Å²) in [6, 6.07) is 11.2. The molecule has 4 rings (SSSR count). The summed E-state index contributed by atoms with van der Waals surface area (Å²) in [5.41, 5.74) is 2.38. The van der Waals surface area contributed by atoms with Gasteiger partial charge in [-0.3, -0.25) is 4.79 Å². The van der Waals surface area contributed by atoms with Crippen molar-refractivity contribution in [1.82, 2.24) is 14.8 Å². The third kappa shape index (κ3) is 4.22. The second kappa shape index (κ2) is 8.32. The Balaban J connectivity index is 1.55. The van der Waals surface area contributed by atoms with Crippen molar-refractivity contribution in [2.75, 3.05) is 12.4 Å². The molecule has 29 heavy (non-hydrogen) atoms. The first-order chi connectivity index (χ1) is 14.1. The van der Waals surface area contributed by atoms with Gasteiger partial charge in [-0.25, -0.2) is 0 Å². The van der Waals surface area contributed by atoms with E-state index in [1.165, 1.54) is 0 Å². The lowest BCUT2D eigenvalue weighted by atomic mass is 10.1. The van der Waals surface area contributed by atoms with Crippen LogP contribution < -0.4 is 10.1 Å². The smallest absolute Gasteiger partial charge is 0.251 e. The van der Waals surface area contributed by atoms with E-state index in [0.29, 0.717) is 35.2 Å². The molecule has 4 aromatic rings. The van der Waals surface area contributed by atoms with Gasteiger partial charge in [-0.1, -0.05) is 0 Å². The number of carbonyl (C=O) groups is 1. The summed E-state index contributed by atoms with van der Waals surface area (Å²) >= 11 is 1.62. The quantitative estimate of drug-likeness (QED) is 0.486. The average molecular weight is 408 g/mol. The van der Waals surface area contributed by atoms with Gasteiger partial charge in [-0.2, -0.15) is 11.3 Å². The predicted molar refractivity (Wildman–Crippen MR) is 111 cm³/mol. The molecule has 0 spiro atoms. The number of nitrogens with one attached hydrogen (secondary N) is 1. The van der Waals surface area contributed by atoms with E-state index in [-0.39, 0.29) is 11.9 Å². The highest BCUT2D eigenvalue weighted by molar-refractivity contribution is 7.08. The van der Waals surface area contributed by atoms with E-state index in [4.69, 9.17) is 9.15 Å². The largest absolute Gasteiger partial charge is 0.496 e. The summed E-state index contributed by atoms with van der Waals surface area (Å²) in [5.74, 6) is 1.31. The summed E-state index contributed by atoms with van der Waals surface area (Å²) in [5, 5.41) is 15.0. The zero-order valence-corrected chi connectivity index (χ0v) is 16.8. The molecule has 0 saturated heterocycles. The van der Waals surface area contributed by atoms with E-state index in [2.05, 4.69) is 20.9 Å². The lowest BCUT2D eigenvalue weighted by Crippen LogP contribution is -2.19. The van der Waals surface area contributed by atoms with E-state index in [9.17, 15) is 4.79 Å². The third-order valence-corrected chi connectivity index (χ3v) is 5.24. The summed E-state index contributed by atoms with van der Waals surface area (Å²) < 4.78 is 13.0. The molecule has 1 aromatic carbocycles. The number of amides is 1. The van der Waals surface area contributed by atoms with E-state index < -0.39 is 0 Å². The normalized spacial score (nSPS) is 11.9. The van der Waals surface area contributed by atoms with Gasteiger partial charge in [-0.05, 0) is 52.7 Å². The average Bonchev–Trinajstić information content (AvgIpc) is 3.48. The summed E-state index contributed by atoms with van der Waals surface area (Å²) in [6.07, 6.45) is 4.25. The van der Waals surface area contributed by atoms with Crippen molar-refractivity contribution in [2.45, 2.75) is 19.4 Å². The van der Waals surface area contributed by atoms with Crippen LogP contribution in [0.4, 0.5) is 5.69 Å². The molecular weight excluding hydrogens is 388 g/mol. The molecule has 3 heterocycles. The van der Waals surface area contributed by atoms with Gasteiger partial charge in [-0.15, -0.1) is 10.2 Å². The standard InChI is InChI=1S/C21H20N4O3S/c1-14-23-24-21(28-14)17-11-16(5-6-19(17)27-2)22-20(26)12-18(15-7-10-29-13-15)25-8-3-4-9-25/h3-11,13,18H,12H2,1-2H3,(H,22,26)/t18-/m1/s1. The maximum absolute atomic E-state index is 12.8. The highest BCUT2D eigenvalue weighted by Gasteiger charge is 2.19. The van der Waals surface area contributed by atoms with Crippen molar-refractivity contribution in [3.05, 3.63) is 71.0 Å². The van der Waals surface area contributed by atoms with Crippen LogP contribution in [-0.4, -0.2) is 27.8 Å². The van der Waals surface area contributed by atoms with Crippen LogP contribution in [-0.2, 0) is 4.79 Å². The Labute approximate surface area is 172 Å². The fourth-order valence-electron chi connectivity index (χ4n) is 3.16. The molecule has 1 amide bonds. The Morgan fingerprint density at radius 2 is 2.10 bits per heavy atom. The Morgan fingerprint density at radius 1 is 1.28 bits per heavy atom. The van der Waals surface area contributed by atoms with Crippen molar-refractivity contribution in [3.8, 4) is 17.2 Å². The molecule has 1 N–H and O–H groups in total. The van der Waals surface area contributed by atoms with Gasteiger partial charge in [0.2, 0.25) is 11.8 Å². The second-order valence-corrected chi connectivity index (χ2v) is 7.28. The van der Waals surface area contributed by atoms with Crippen LogP contribution in [0.15, 0.2) is 64.0 Å². The van der Waals surface area contributed by atoms with Crippen molar-refractivity contribution in [1.29, 1.82) is 0 Å². The monoisotopic (exact) mass is 408 g/mol. The first kappa shape index (κ1) is 18.9. The van der Waals surface area contributed by atoms with Crippen LogP contribution in [0.25, 0.3) is 11.5 Å². The lowest BCUT2D eigenvalue weighted by Gasteiger charge is -2.18. The molecule has 0 bridgehead atoms. The minimum absolute atomic E-state index is 0.0624. The number of ether oxygens (including phenoxy) is 1. The van der Waals surface area contributed by atoms with Gasteiger partial charge >= 0.3 is 0 Å². The van der Waals surface area contributed by atoms with Crippen LogP contribution in [0.5, 0.6) is 5.75 Å². The molecule has 1 atom stereocenters. The number of methoxy groups -OCH3 is 1. The number of benzene rings is 1. The number of hydrogen-bond acceptors (Lipinski definition) is 6. The Bertz CT molecular complexity index is 1050. The number of rotatable bonds is 7. The minimum atomic E-state index is -0.0901. The molecule has 0 aliphatic heterocycles. The van der Waals surface area contributed by atoms with Crippen LogP contribution in [0.3, 0.4) is 0 Å². The van der Waals surface area contributed by atoms with Crippen LogP contribution in [0, 0.1) is 6.92 Å². The van der Waals surface area contributed by atoms with Gasteiger partial charge in [0.05, 0.1) is 25.1 Å². The highest BCUT2D eigenvalue weighted by Crippen LogP contribution is 2.32. The lowest BCUT2D eigenvalue weighted by molar-refractivity contribution is -0.116. The van der Waals surface area contributed by atoms with Gasteiger partial charge in [0.25, 0.3) is 5.89 Å². The molecule has 148 valence electrons. The molecule has 8 heteroatoms. The fourth-order valence-corrected chi connectivity index (χ4v) is 3.87. The number of hydrogen-bond donors (Lipinski definition) is 1. The number of nitrogens with zero attached hydrogens (tertiary/aromatic N) is 3. The van der Waals surface area contributed by atoms with Crippen molar-refractivity contribution in [3.63, 3.8) is 0 Å². The maximum Gasteiger partial charge on any atom is 0.251 e. The number of anilines is 1. The zero-order chi connectivity index (χ0) is 20.2. The highest BCUT2D eigenvalue weighted by atomic mass is 32.1. The third-order valence-electron chi connectivity index (χ3n) is 4.53. The van der Waals surface area contributed by atoms with Crippen LogP contribution >= 0.6 is 11.3 Å². The van der Waals surface area contributed by atoms with Crippen molar-refractivity contribution < 1.29 is 13.9 Å². The first-order valence-corrected chi connectivity index (χ1v) is 10.0. The Kier molecular flexibility index (Phi) is 5.44. The van der Waals surface area contributed by atoms with Crippen molar-refractivity contribution in [2.24, 2.45) is 0 Å². The molecule has 0 aliphatic rings. The van der Waals surface area contributed by atoms with Gasteiger partial charge in [0, 0.05) is 25.0 Å². The van der Waals surface area contributed by atoms with E-state index in [1.54, 1.807) is 43.6 Å². The number of aromatic nitrogens is 3. The fraction of sp³-hybridized carbons (Fsp3) is 0.190. The Hall–Kier alpha value is -3.39. The van der Waals surface area contributed by atoms with Crippen LogP contribution in [0.2, 0.25) is 0 Å². The molecule has 0 unspecified atom stereocenters. The summed E-state index contributed by atoms with van der Waals surface area (Å²) in [7, 11) is 1.57.